The van der Waals surface area contributed by atoms with Gasteiger partial charge in [0.1, 0.15) is 0 Å². The fourth-order valence-corrected chi connectivity index (χ4v) is 9.54. The van der Waals surface area contributed by atoms with Crippen molar-refractivity contribution in [1.82, 2.24) is 19.5 Å². The largest absolute Gasteiger partial charge is 0.312 e. The van der Waals surface area contributed by atoms with Crippen molar-refractivity contribution in [2.45, 2.75) is 12.8 Å². The summed E-state index contributed by atoms with van der Waals surface area (Å²) in [4.78, 5) is 15.1. The highest BCUT2D eigenvalue weighted by Crippen LogP contribution is 2.45. The number of nitrogens with zero attached hydrogens (tertiary/aromatic N) is 4. The van der Waals surface area contributed by atoms with Crippen LogP contribution in [-0.4, -0.2) is 19.5 Å². The fourth-order valence-electron chi connectivity index (χ4n) is 8.32. The zero-order valence-corrected chi connectivity index (χ0v) is 31.2. The highest BCUT2D eigenvalue weighted by molar-refractivity contribution is 7.26. The van der Waals surface area contributed by atoms with E-state index in [9.17, 15) is 0 Å². The molecule has 0 saturated carbocycles. The molecule has 0 atom stereocenters. The highest BCUT2D eigenvalue weighted by atomic mass is 32.1. The number of fused-ring (bicyclic) bond motifs is 6. The second-order valence-electron chi connectivity index (χ2n) is 14.3. The Hall–Kier alpha value is -6.95. The first-order chi connectivity index (χ1) is 27.8. The molecular formula is C51H34N4S. The molecule has 10 aromatic rings. The van der Waals surface area contributed by atoms with E-state index in [0.717, 1.165) is 35.1 Å². The number of benzene rings is 7. The van der Waals surface area contributed by atoms with Crippen molar-refractivity contribution < 1.29 is 0 Å². The monoisotopic (exact) mass is 734 g/mol. The summed E-state index contributed by atoms with van der Waals surface area (Å²) in [5.74, 6) is 1.96. The SMILES string of the molecule is C1=CC(c2cc(-c3cccc(-c4nc(-c5ccccc5)nc(-c5ccccc5)n4)c3)c3sc4ccccc4c3c2)=C(n2c3ccccc3c3ccccc32)CC1. The Kier molecular flexibility index (Phi) is 7.78. The van der Waals surface area contributed by atoms with Gasteiger partial charge in [-0.15, -0.1) is 11.3 Å². The smallest absolute Gasteiger partial charge is 0.164 e. The van der Waals surface area contributed by atoms with Crippen molar-refractivity contribution in [1.29, 1.82) is 0 Å². The van der Waals surface area contributed by atoms with Gasteiger partial charge in [0.25, 0.3) is 0 Å². The number of thiophene rings is 1. The number of hydrogen-bond donors (Lipinski definition) is 0. The van der Waals surface area contributed by atoms with Crippen molar-refractivity contribution in [2.24, 2.45) is 0 Å². The lowest BCUT2D eigenvalue weighted by atomic mass is 9.91. The van der Waals surface area contributed by atoms with Gasteiger partial charge in [-0.3, -0.25) is 0 Å². The van der Waals surface area contributed by atoms with Crippen LogP contribution in [0.5, 0.6) is 0 Å². The normalized spacial score (nSPS) is 13.1. The van der Waals surface area contributed by atoms with Crippen molar-refractivity contribution in [2.75, 3.05) is 0 Å². The number of aromatic nitrogens is 4. The van der Waals surface area contributed by atoms with E-state index in [-0.39, 0.29) is 0 Å². The Morgan fingerprint density at radius 3 is 1.68 bits per heavy atom. The molecule has 5 heteroatoms. The van der Waals surface area contributed by atoms with Gasteiger partial charge in [0.2, 0.25) is 0 Å². The van der Waals surface area contributed by atoms with Gasteiger partial charge in [-0.05, 0) is 60.4 Å². The molecule has 56 heavy (non-hydrogen) atoms. The average molecular weight is 735 g/mol. The maximum absolute atomic E-state index is 5.07. The molecule has 0 amide bonds. The summed E-state index contributed by atoms with van der Waals surface area (Å²) in [6.07, 6.45) is 6.63. The molecule has 0 saturated heterocycles. The third-order valence-corrected chi connectivity index (χ3v) is 12.1. The summed E-state index contributed by atoms with van der Waals surface area (Å²) in [7, 11) is 0. The Labute approximate surface area is 328 Å². The molecule has 1 aliphatic rings. The standard InChI is InChI=1S/C51H34N4S/c1-3-16-33(17-4-1)49-52-50(34-18-5-2-6-19-34)54-51(53-49)36-21-15-20-35(30-36)42-31-37(32-43-41-25-10-14-29-47(41)56-48(42)43)38-22-7-11-26-44(38)55-45-27-12-8-23-39(45)40-24-9-13-28-46(40)55/h1-10,12-25,27-32H,11,26H2. The quantitative estimate of drug-likeness (QED) is 0.171. The van der Waals surface area contributed by atoms with Crippen molar-refractivity contribution in [3.63, 3.8) is 0 Å². The van der Waals surface area contributed by atoms with E-state index in [1.165, 1.54) is 64.4 Å². The molecule has 0 spiro atoms. The summed E-state index contributed by atoms with van der Waals surface area (Å²) >= 11 is 1.86. The Morgan fingerprint density at radius 1 is 0.446 bits per heavy atom. The van der Waals surface area contributed by atoms with Crippen LogP contribution < -0.4 is 0 Å². The molecule has 0 bridgehead atoms. The lowest BCUT2D eigenvalue weighted by Gasteiger charge is -2.21. The molecule has 4 nitrogen and oxygen atoms in total. The molecule has 3 aromatic heterocycles. The van der Waals surface area contributed by atoms with Crippen LogP contribution in [0.1, 0.15) is 18.4 Å². The van der Waals surface area contributed by atoms with Crippen LogP contribution in [0.4, 0.5) is 0 Å². The van der Waals surface area contributed by atoms with Crippen molar-refractivity contribution in [3.05, 3.63) is 188 Å². The van der Waals surface area contributed by atoms with Crippen molar-refractivity contribution >= 4 is 64.6 Å². The Balaban J connectivity index is 1.13. The van der Waals surface area contributed by atoms with Gasteiger partial charge >= 0.3 is 0 Å². The van der Waals surface area contributed by atoms with E-state index in [0.29, 0.717) is 17.5 Å². The highest BCUT2D eigenvalue weighted by Gasteiger charge is 2.21. The summed E-state index contributed by atoms with van der Waals surface area (Å²) < 4.78 is 5.07. The van der Waals surface area contributed by atoms with E-state index in [2.05, 4.69) is 150 Å². The first kappa shape index (κ1) is 32.5. The summed E-state index contributed by atoms with van der Waals surface area (Å²) in [5, 5.41) is 5.12. The maximum Gasteiger partial charge on any atom is 0.164 e. The van der Waals surface area contributed by atoms with Gasteiger partial charge in [0, 0.05) is 64.5 Å². The minimum absolute atomic E-state index is 0.648. The van der Waals surface area contributed by atoms with E-state index in [1.807, 2.05) is 47.7 Å². The molecule has 264 valence electrons. The second kappa shape index (κ2) is 13.4. The van der Waals surface area contributed by atoms with Gasteiger partial charge in [0.15, 0.2) is 17.5 Å². The minimum Gasteiger partial charge on any atom is -0.312 e. The van der Waals surface area contributed by atoms with Gasteiger partial charge in [-0.1, -0.05) is 146 Å². The van der Waals surface area contributed by atoms with Crippen LogP contribution in [0.15, 0.2) is 182 Å². The molecule has 0 radical (unpaired) electrons. The fraction of sp³-hybridized carbons (Fsp3) is 0.0392. The lowest BCUT2D eigenvalue weighted by molar-refractivity contribution is 0.984. The number of hydrogen-bond acceptors (Lipinski definition) is 4. The molecule has 0 aliphatic heterocycles. The van der Waals surface area contributed by atoms with Crippen LogP contribution in [-0.2, 0) is 0 Å². The third-order valence-electron chi connectivity index (χ3n) is 10.9. The predicted molar refractivity (Wildman–Crippen MR) is 235 cm³/mol. The van der Waals surface area contributed by atoms with Crippen LogP contribution in [0.25, 0.3) is 98.5 Å². The number of allylic oxidation sites excluding steroid dienone is 4. The predicted octanol–water partition coefficient (Wildman–Crippen LogP) is 13.7. The second-order valence-corrected chi connectivity index (χ2v) is 15.3. The average Bonchev–Trinajstić information content (AvgIpc) is 3.82. The van der Waals surface area contributed by atoms with E-state index < -0.39 is 0 Å². The summed E-state index contributed by atoms with van der Waals surface area (Å²) in [5.41, 5.74) is 11.5. The van der Waals surface area contributed by atoms with E-state index in [4.69, 9.17) is 15.0 Å². The van der Waals surface area contributed by atoms with Gasteiger partial charge < -0.3 is 4.57 Å². The first-order valence-corrected chi connectivity index (χ1v) is 19.9. The molecule has 11 rings (SSSR count). The third kappa shape index (κ3) is 5.47. The topological polar surface area (TPSA) is 43.6 Å². The molecule has 1 aliphatic carbocycles. The molecule has 0 N–H and O–H groups in total. The number of rotatable bonds is 6. The maximum atomic E-state index is 5.07. The lowest BCUT2D eigenvalue weighted by Crippen LogP contribution is -2.03. The van der Waals surface area contributed by atoms with Gasteiger partial charge in [0.05, 0.1) is 11.0 Å². The van der Waals surface area contributed by atoms with E-state index >= 15 is 0 Å². The zero-order valence-electron chi connectivity index (χ0n) is 30.4. The zero-order chi connectivity index (χ0) is 37.0. The molecule has 3 heterocycles. The Morgan fingerprint density at radius 2 is 1.00 bits per heavy atom. The molecular weight excluding hydrogens is 701 g/mol. The van der Waals surface area contributed by atoms with Crippen molar-refractivity contribution in [3.8, 4) is 45.3 Å². The first-order valence-electron chi connectivity index (χ1n) is 19.1. The van der Waals surface area contributed by atoms with Gasteiger partial charge in [-0.2, -0.15) is 0 Å². The van der Waals surface area contributed by atoms with Crippen LogP contribution in [0, 0.1) is 0 Å². The van der Waals surface area contributed by atoms with E-state index in [1.54, 1.807) is 0 Å². The van der Waals surface area contributed by atoms with Crippen LogP contribution >= 0.6 is 11.3 Å². The van der Waals surface area contributed by atoms with Crippen LogP contribution in [0.3, 0.4) is 0 Å². The number of para-hydroxylation sites is 2. The Bertz CT molecular complexity index is 3080. The summed E-state index contributed by atoms with van der Waals surface area (Å²) in [6.45, 7) is 0. The minimum atomic E-state index is 0.648. The summed E-state index contributed by atoms with van der Waals surface area (Å²) in [6, 6.07) is 60.3. The van der Waals surface area contributed by atoms with Crippen LogP contribution in [0.2, 0.25) is 0 Å². The molecule has 0 unspecified atom stereocenters. The molecule has 0 fully saturated rings. The molecule has 7 aromatic carbocycles. The van der Waals surface area contributed by atoms with Gasteiger partial charge in [-0.25, -0.2) is 15.0 Å².